The van der Waals surface area contributed by atoms with E-state index in [1.165, 1.54) is 6.08 Å². The highest BCUT2D eigenvalue weighted by Crippen LogP contribution is 2.10. The first-order valence-corrected chi connectivity index (χ1v) is 3.79. The third kappa shape index (κ3) is 2.59. The van der Waals surface area contributed by atoms with Crippen LogP contribution in [0.25, 0.3) is 6.08 Å². The third-order valence-corrected chi connectivity index (χ3v) is 1.59. The molecule has 1 aromatic rings. The van der Waals surface area contributed by atoms with E-state index in [4.69, 9.17) is 11.5 Å². The molecule has 1 rings (SSSR count). The molecule has 0 spiro atoms. The van der Waals surface area contributed by atoms with Crippen molar-refractivity contribution >= 4 is 17.7 Å². The minimum absolute atomic E-state index is 0.487. The van der Waals surface area contributed by atoms with Crippen LogP contribution in [0.15, 0.2) is 18.3 Å². The first-order chi connectivity index (χ1) is 6.09. The van der Waals surface area contributed by atoms with Crippen LogP contribution in [0, 0.1) is 6.92 Å². The number of nitrogens with zero attached hydrogens (tertiary/aromatic N) is 1. The second kappa shape index (κ2) is 3.71. The van der Waals surface area contributed by atoms with Gasteiger partial charge in [0, 0.05) is 12.3 Å². The van der Waals surface area contributed by atoms with Crippen molar-refractivity contribution in [3.05, 3.63) is 29.6 Å². The number of amides is 1. The Labute approximate surface area is 76.3 Å². The van der Waals surface area contributed by atoms with Gasteiger partial charge in [0.2, 0.25) is 5.91 Å². The lowest BCUT2D eigenvalue weighted by molar-refractivity contribution is -0.113. The monoisotopic (exact) mass is 177 g/mol. The fraction of sp³-hybridized carbons (Fsp3) is 0.111. The summed E-state index contributed by atoms with van der Waals surface area (Å²) in [6.45, 7) is 1.82. The zero-order chi connectivity index (χ0) is 9.84. The van der Waals surface area contributed by atoms with Crippen molar-refractivity contribution in [1.29, 1.82) is 0 Å². The molecule has 1 amide bonds. The molecule has 0 saturated heterocycles. The van der Waals surface area contributed by atoms with Gasteiger partial charge < -0.3 is 11.5 Å². The van der Waals surface area contributed by atoms with E-state index in [9.17, 15) is 4.79 Å². The molecule has 4 N–H and O–H groups in total. The van der Waals surface area contributed by atoms with Gasteiger partial charge in [-0.15, -0.1) is 0 Å². The molecule has 0 atom stereocenters. The van der Waals surface area contributed by atoms with Gasteiger partial charge in [-0.05, 0) is 24.6 Å². The van der Waals surface area contributed by atoms with Crippen molar-refractivity contribution in [3.63, 3.8) is 0 Å². The lowest BCUT2D eigenvalue weighted by atomic mass is 10.2. The number of hydrogen-bond donors (Lipinski definition) is 2. The Hall–Kier alpha value is -1.84. The summed E-state index contributed by atoms with van der Waals surface area (Å²) in [6.07, 6.45) is 4.47. The highest BCUT2D eigenvalue weighted by atomic mass is 16.1. The van der Waals surface area contributed by atoms with Gasteiger partial charge in [-0.3, -0.25) is 9.78 Å². The summed E-state index contributed by atoms with van der Waals surface area (Å²) in [6, 6.07) is 1.74. The number of nitrogens with two attached hydrogens (primary N) is 2. The Kier molecular flexibility index (Phi) is 2.64. The predicted molar refractivity (Wildman–Crippen MR) is 51.6 cm³/mol. The van der Waals surface area contributed by atoms with Crippen LogP contribution in [0.3, 0.4) is 0 Å². The zero-order valence-corrected chi connectivity index (χ0v) is 7.32. The van der Waals surface area contributed by atoms with E-state index in [0.717, 1.165) is 11.3 Å². The van der Waals surface area contributed by atoms with E-state index < -0.39 is 5.91 Å². The van der Waals surface area contributed by atoms with Gasteiger partial charge in [0.15, 0.2) is 0 Å². The molecule has 0 aliphatic rings. The fourth-order valence-corrected chi connectivity index (χ4v) is 0.837. The molecule has 1 aromatic heterocycles. The van der Waals surface area contributed by atoms with Crippen LogP contribution in [0.1, 0.15) is 11.3 Å². The lowest BCUT2D eigenvalue weighted by Gasteiger charge is -1.98. The first-order valence-electron chi connectivity index (χ1n) is 3.79. The van der Waals surface area contributed by atoms with Crippen LogP contribution >= 0.6 is 0 Å². The number of aromatic nitrogens is 1. The standard InChI is InChI=1S/C9H11N3O/c1-6-8(10)4-7(5-12-6)2-3-9(11)13/h2-5H,10H2,1H3,(H2,11,13). The van der Waals surface area contributed by atoms with Crippen LogP contribution in [-0.4, -0.2) is 10.9 Å². The molecule has 0 aromatic carbocycles. The van der Waals surface area contributed by atoms with Crippen LogP contribution in [0.5, 0.6) is 0 Å². The van der Waals surface area contributed by atoms with E-state index in [2.05, 4.69) is 4.98 Å². The minimum Gasteiger partial charge on any atom is -0.397 e. The second-order valence-corrected chi connectivity index (χ2v) is 2.68. The molecular formula is C9H11N3O. The average molecular weight is 177 g/mol. The summed E-state index contributed by atoms with van der Waals surface area (Å²) in [7, 11) is 0. The number of hydrogen-bond acceptors (Lipinski definition) is 3. The molecule has 0 aliphatic heterocycles. The molecule has 4 nitrogen and oxygen atoms in total. The number of aryl methyl sites for hydroxylation is 1. The Morgan fingerprint density at radius 3 is 2.85 bits per heavy atom. The number of carbonyl (C=O) groups excluding carboxylic acids is 1. The molecule has 0 unspecified atom stereocenters. The Morgan fingerprint density at radius 1 is 1.62 bits per heavy atom. The van der Waals surface area contributed by atoms with Crippen molar-refractivity contribution in [2.45, 2.75) is 6.92 Å². The van der Waals surface area contributed by atoms with Crippen molar-refractivity contribution < 1.29 is 4.79 Å². The van der Waals surface area contributed by atoms with Crippen molar-refractivity contribution in [3.8, 4) is 0 Å². The summed E-state index contributed by atoms with van der Waals surface area (Å²) in [5, 5.41) is 0. The number of primary amides is 1. The average Bonchev–Trinajstić information content (AvgIpc) is 2.07. The molecule has 0 aliphatic carbocycles. The Morgan fingerprint density at radius 2 is 2.31 bits per heavy atom. The van der Waals surface area contributed by atoms with Crippen molar-refractivity contribution in [2.75, 3.05) is 5.73 Å². The summed E-state index contributed by atoms with van der Waals surface area (Å²) in [4.78, 5) is 14.4. The van der Waals surface area contributed by atoms with E-state index in [-0.39, 0.29) is 0 Å². The van der Waals surface area contributed by atoms with E-state index in [1.807, 2.05) is 6.92 Å². The van der Waals surface area contributed by atoms with E-state index in [1.54, 1.807) is 18.3 Å². The summed E-state index contributed by atoms with van der Waals surface area (Å²) >= 11 is 0. The molecule has 68 valence electrons. The van der Waals surface area contributed by atoms with Crippen LogP contribution in [0.4, 0.5) is 5.69 Å². The normalized spacial score (nSPS) is 10.5. The molecule has 4 heteroatoms. The highest BCUT2D eigenvalue weighted by molar-refractivity contribution is 5.90. The molecule has 0 saturated carbocycles. The molecule has 1 heterocycles. The molecule has 0 bridgehead atoms. The predicted octanol–water partition coefficient (Wildman–Crippen LogP) is 0.471. The van der Waals surface area contributed by atoms with Crippen LogP contribution < -0.4 is 11.5 Å². The van der Waals surface area contributed by atoms with E-state index in [0.29, 0.717) is 5.69 Å². The lowest BCUT2D eigenvalue weighted by Crippen LogP contribution is -2.05. The van der Waals surface area contributed by atoms with Gasteiger partial charge in [-0.25, -0.2) is 0 Å². The maximum atomic E-state index is 10.4. The van der Waals surface area contributed by atoms with Gasteiger partial charge in [0.1, 0.15) is 0 Å². The minimum atomic E-state index is -0.487. The zero-order valence-electron chi connectivity index (χ0n) is 7.32. The summed E-state index contributed by atoms with van der Waals surface area (Å²) < 4.78 is 0. The second-order valence-electron chi connectivity index (χ2n) is 2.68. The number of rotatable bonds is 2. The van der Waals surface area contributed by atoms with Gasteiger partial charge >= 0.3 is 0 Å². The SMILES string of the molecule is Cc1ncc(C=CC(N)=O)cc1N. The first kappa shape index (κ1) is 9.25. The van der Waals surface area contributed by atoms with Crippen LogP contribution in [0.2, 0.25) is 0 Å². The number of nitrogen functional groups attached to an aromatic ring is 1. The number of anilines is 1. The number of pyridine rings is 1. The van der Waals surface area contributed by atoms with Gasteiger partial charge in [-0.2, -0.15) is 0 Å². The van der Waals surface area contributed by atoms with Crippen LogP contribution in [-0.2, 0) is 4.79 Å². The fourth-order valence-electron chi connectivity index (χ4n) is 0.837. The molecule has 0 radical (unpaired) electrons. The Bertz CT molecular complexity index is 358. The third-order valence-electron chi connectivity index (χ3n) is 1.59. The topological polar surface area (TPSA) is 82.0 Å². The van der Waals surface area contributed by atoms with Gasteiger partial charge in [0.05, 0.1) is 11.4 Å². The summed E-state index contributed by atoms with van der Waals surface area (Å²) in [5.41, 5.74) is 12.7. The maximum absolute atomic E-state index is 10.4. The molecule has 0 fully saturated rings. The largest absolute Gasteiger partial charge is 0.397 e. The maximum Gasteiger partial charge on any atom is 0.241 e. The Balaban J connectivity index is 2.92. The smallest absolute Gasteiger partial charge is 0.241 e. The molecular weight excluding hydrogens is 166 g/mol. The van der Waals surface area contributed by atoms with E-state index >= 15 is 0 Å². The van der Waals surface area contributed by atoms with Crippen molar-refractivity contribution in [2.24, 2.45) is 5.73 Å². The quantitative estimate of drug-likeness (QED) is 0.644. The highest BCUT2D eigenvalue weighted by Gasteiger charge is 1.94. The summed E-state index contributed by atoms with van der Waals surface area (Å²) in [5.74, 6) is -0.487. The number of carbonyl (C=O) groups is 1. The van der Waals surface area contributed by atoms with Crippen molar-refractivity contribution in [1.82, 2.24) is 4.98 Å². The molecule has 13 heavy (non-hydrogen) atoms. The van der Waals surface area contributed by atoms with Gasteiger partial charge in [0.25, 0.3) is 0 Å². The van der Waals surface area contributed by atoms with Gasteiger partial charge in [-0.1, -0.05) is 0 Å².